The molecule has 0 spiro atoms. The molecule has 7 nitrogen and oxygen atoms in total. The minimum atomic E-state index is -0.249. The third-order valence-corrected chi connectivity index (χ3v) is 6.74. The number of aryl methyl sites for hydroxylation is 2. The first-order chi connectivity index (χ1) is 18.4. The number of pyridine rings is 3. The van der Waals surface area contributed by atoms with Crippen LogP contribution in [0.3, 0.4) is 0 Å². The number of hydrogen-bond donors (Lipinski definition) is 2. The van der Waals surface area contributed by atoms with Gasteiger partial charge in [0.05, 0.1) is 17.1 Å². The normalized spacial score (nSPS) is 11.7. The summed E-state index contributed by atoms with van der Waals surface area (Å²) in [6, 6.07) is 13.4. The largest absolute Gasteiger partial charge is 0.353 e. The standard InChI is InChI=1S/C30H28FN7/c1-18-9-21(16-32-15-18)22-13-25-29(36-37-30(25)34-17-22)27-14-24-26(35-27)6-7-33-28(24)20-10-19(11-23(31)12-20)5-4-8-38(2)3/h6-7,9-17,35H,4-5,8H2,1-3H3,(H,34,36,37). The fourth-order valence-corrected chi connectivity index (χ4v) is 4.93. The molecule has 0 amide bonds. The van der Waals surface area contributed by atoms with E-state index in [1.165, 1.54) is 0 Å². The number of nitrogens with zero attached hydrogens (tertiary/aromatic N) is 5. The van der Waals surface area contributed by atoms with Crippen molar-refractivity contribution < 1.29 is 4.39 Å². The maximum absolute atomic E-state index is 14.6. The van der Waals surface area contributed by atoms with Crippen molar-refractivity contribution in [3.05, 3.63) is 84.2 Å². The number of benzene rings is 1. The second-order valence-corrected chi connectivity index (χ2v) is 10.0. The molecule has 0 radical (unpaired) electrons. The van der Waals surface area contributed by atoms with Gasteiger partial charge in [-0.2, -0.15) is 5.10 Å². The van der Waals surface area contributed by atoms with Crippen molar-refractivity contribution in [1.29, 1.82) is 0 Å². The highest BCUT2D eigenvalue weighted by atomic mass is 19.1. The number of fused-ring (bicyclic) bond motifs is 2. The predicted octanol–water partition coefficient (Wildman–Crippen LogP) is 6.17. The maximum atomic E-state index is 14.6. The summed E-state index contributed by atoms with van der Waals surface area (Å²) in [5.74, 6) is -0.249. The van der Waals surface area contributed by atoms with E-state index < -0.39 is 0 Å². The second-order valence-electron chi connectivity index (χ2n) is 10.0. The van der Waals surface area contributed by atoms with Crippen molar-refractivity contribution in [2.24, 2.45) is 0 Å². The molecule has 0 aliphatic heterocycles. The minimum absolute atomic E-state index is 0.249. The molecule has 0 saturated heterocycles. The molecule has 6 rings (SSSR count). The summed E-state index contributed by atoms with van der Waals surface area (Å²) in [6.07, 6.45) is 9.01. The van der Waals surface area contributed by atoms with E-state index in [0.717, 1.165) is 80.6 Å². The van der Waals surface area contributed by atoms with Gasteiger partial charge in [-0.1, -0.05) is 0 Å². The summed E-state index contributed by atoms with van der Waals surface area (Å²) < 4.78 is 14.6. The van der Waals surface area contributed by atoms with Crippen LogP contribution in [0.4, 0.5) is 4.39 Å². The zero-order valence-corrected chi connectivity index (χ0v) is 21.6. The summed E-state index contributed by atoms with van der Waals surface area (Å²) in [5.41, 5.74) is 8.79. The fraction of sp³-hybridized carbons (Fsp3) is 0.200. The lowest BCUT2D eigenvalue weighted by molar-refractivity contribution is 0.400. The predicted molar refractivity (Wildman–Crippen MR) is 149 cm³/mol. The molecule has 8 heteroatoms. The topological polar surface area (TPSA) is 86.4 Å². The second kappa shape index (κ2) is 9.79. The van der Waals surface area contributed by atoms with Gasteiger partial charge in [0.15, 0.2) is 5.65 Å². The van der Waals surface area contributed by atoms with Gasteiger partial charge in [-0.15, -0.1) is 0 Å². The smallest absolute Gasteiger partial charge is 0.181 e. The molecule has 2 N–H and O–H groups in total. The molecule has 0 aliphatic carbocycles. The van der Waals surface area contributed by atoms with E-state index in [4.69, 9.17) is 0 Å². The van der Waals surface area contributed by atoms with E-state index >= 15 is 0 Å². The maximum Gasteiger partial charge on any atom is 0.181 e. The Bertz CT molecular complexity index is 1770. The molecule has 0 fully saturated rings. The van der Waals surface area contributed by atoms with Crippen LogP contribution >= 0.6 is 0 Å². The van der Waals surface area contributed by atoms with Gasteiger partial charge < -0.3 is 9.88 Å². The molecule has 0 atom stereocenters. The van der Waals surface area contributed by atoms with E-state index in [1.54, 1.807) is 18.3 Å². The highest BCUT2D eigenvalue weighted by Crippen LogP contribution is 2.34. The van der Waals surface area contributed by atoms with E-state index in [1.807, 2.05) is 57.8 Å². The first-order valence-electron chi connectivity index (χ1n) is 12.6. The Morgan fingerprint density at radius 1 is 0.895 bits per heavy atom. The Labute approximate surface area is 219 Å². The molecule has 190 valence electrons. The summed E-state index contributed by atoms with van der Waals surface area (Å²) in [6.45, 7) is 2.98. The molecule has 6 aromatic rings. The first kappa shape index (κ1) is 23.9. The molecule has 0 bridgehead atoms. The number of nitrogens with one attached hydrogen (secondary N) is 2. The molecule has 1 aromatic carbocycles. The lowest BCUT2D eigenvalue weighted by Gasteiger charge is -2.10. The quantitative estimate of drug-likeness (QED) is 0.271. The molecule has 0 unspecified atom stereocenters. The van der Waals surface area contributed by atoms with Gasteiger partial charge >= 0.3 is 0 Å². The monoisotopic (exact) mass is 505 g/mol. The van der Waals surface area contributed by atoms with Crippen LogP contribution in [-0.4, -0.2) is 55.7 Å². The van der Waals surface area contributed by atoms with Gasteiger partial charge in [-0.05, 0) is 94.0 Å². The van der Waals surface area contributed by atoms with Crippen LogP contribution in [-0.2, 0) is 6.42 Å². The highest BCUT2D eigenvalue weighted by molar-refractivity contribution is 6.00. The third-order valence-electron chi connectivity index (χ3n) is 6.74. The first-order valence-corrected chi connectivity index (χ1v) is 12.6. The number of rotatable bonds is 7. The highest BCUT2D eigenvalue weighted by Gasteiger charge is 2.16. The summed E-state index contributed by atoms with van der Waals surface area (Å²) >= 11 is 0. The molecule has 38 heavy (non-hydrogen) atoms. The van der Waals surface area contributed by atoms with Crippen LogP contribution in [0.2, 0.25) is 0 Å². The minimum Gasteiger partial charge on any atom is -0.353 e. The number of H-pyrrole nitrogens is 2. The van der Waals surface area contributed by atoms with Crippen molar-refractivity contribution in [2.75, 3.05) is 20.6 Å². The Morgan fingerprint density at radius 2 is 1.76 bits per heavy atom. The zero-order valence-electron chi connectivity index (χ0n) is 21.6. The Kier molecular flexibility index (Phi) is 6.17. The lowest BCUT2D eigenvalue weighted by Crippen LogP contribution is -2.13. The fourth-order valence-electron chi connectivity index (χ4n) is 4.93. The summed E-state index contributed by atoms with van der Waals surface area (Å²) in [7, 11) is 4.09. The average molecular weight is 506 g/mol. The summed E-state index contributed by atoms with van der Waals surface area (Å²) in [4.78, 5) is 19.2. The van der Waals surface area contributed by atoms with Crippen LogP contribution in [0.25, 0.3) is 55.7 Å². The third kappa shape index (κ3) is 4.66. The summed E-state index contributed by atoms with van der Waals surface area (Å²) in [5, 5.41) is 9.39. The average Bonchev–Trinajstić information content (AvgIpc) is 3.51. The number of aromatic nitrogens is 6. The van der Waals surface area contributed by atoms with Crippen molar-refractivity contribution in [2.45, 2.75) is 19.8 Å². The van der Waals surface area contributed by atoms with Gasteiger partial charge in [0, 0.05) is 57.8 Å². The molecule has 0 aliphatic rings. The van der Waals surface area contributed by atoms with Gasteiger partial charge in [0.1, 0.15) is 5.82 Å². The van der Waals surface area contributed by atoms with E-state index in [-0.39, 0.29) is 5.82 Å². The number of halogens is 1. The van der Waals surface area contributed by atoms with E-state index in [0.29, 0.717) is 5.65 Å². The zero-order chi connectivity index (χ0) is 26.2. The van der Waals surface area contributed by atoms with Crippen molar-refractivity contribution in [3.8, 4) is 33.8 Å². The molecule has 5 aromatic heterocycles. The van der Waals surface area contributed by atoms with Gasteiger partial charge in [0.25, 0.3) is 0 Å². The molecular weight excluding hydrogens is 477 g/mol. The van der Waals surface area contributed by atoms with Gasteiger partial charge in [-0.3, -0.25) is 15.1 Å². The molecular formula is C30H28FN7. The van der Waals surface area contributed by atoms with Crippen LogP contribution in [0.5, 0.6) is 0 Å². The van der Waals surface area contributed by atoms with Crippen molar-refractivity contribution in [1.82, 2.24) is 35.0 Å². The molecule has 0 saturated carbocycles. The van der Waals surface area contributed by atoms with Crippen LogP contribution in [0, 0.1) is 12.7 Å². The van der Waals surface area contributed by atoms with E-state index in [2.05, 4.69) is 47.2 Å². The van der Waals surface area contributed by atoms with E-state index in [9.17, 15) is 4.39 Å². The van der Waals surface area contributed by atoms with Crippen molar-refractivity contribution >= 4 is 21.9 Å². The Balaban J connectivity index is 1.40. The van der Waals surface area contributed by atoms with Gasteiger partial charge in [-0.25, -0.2) is 9.37 Å². The Morgan fingerprint density at radius 3 is 2.61 bits per heavy atom. The lowest BCUT2D eigenvalue weighted by atomic mass is 10.0. The van der Waals surface area contributed by atoms with Crippen LogP contribution in [0.15, 0.2) is 67.3 Å². The van der Waals surface area contributed by atoms with Crippen molar-refractivity contribution in [3.63, 3.8) is 0 Å². The number of hydrogen-bond acceptors (Lipinski definition) is 5. The van der Waals surface area contributed by atoms with Gasteiger partial charge in [0.2, 0.25) is 0 Å². The van der Waals surface area contributed by atoms with Crippen LogP contribution in [0.1, 0.15) is 17.5 Å². The van der Waals surface area contributed by atoms with Crippen LogP contribution < -0.4 is 0 Å². The SMILES string of the molecule is Cc1cncc(-c2cnc3n[nH]c(-c4cc5c(-c6cc(F)cc(CCCN(C)C)c6)nccc5[nH]4)c3c2)c1. The Hall–Kier alpha value is -4.43. The number of aromatic amines is 2. The molecule has 5 heterocycles.